The van der Waals surface area contributed by atoms with Crippen LogP contribution in [0.25, 0.3) is 0 Å². The normalized spacial score (nSPS) is 20.7. The van der Waals surface area contributed by atoms with Gasteiger partial charge < -0.3 is 10.6 Å². The number of fused-ring (bicyclic) bond motifs is 1. The third-order valence-electron chi connectivity index (χ3n) is 4.65. The van der Waals surface area contributed by atoms with Gasteiger partial charge in [0.25, 0.3) is 0 Å². The standard InChI is InChI=1S/C16H24N2/c1-12(13-5-2-3-6-13)18-11-15-8-4-7-14-9-10-17-16(14)15/h4,7-8,12-13,17-18H,2-3,5-6,9-11H2,1H3/t12-/m1/s1. The highest BCUT2D eigenvalue weighted by atomic mass is 14.9. The molecule has 1 heterocycles. The maximum absolute atomic E-state index is 3.73. The Morgan fingerprint density at radius 3 is 3.00 bits per heavy atom. The topological polar surface area (TPSA) is 24.1 Å². The molecule has 1 aromatic carbocycles. The highest BCUT2D eigenvalue weighted by Gasteiger charge is 2.21. The summed E-state index contributed by atoms with van der Waals surface area (Å²) < 4.78 is 0. The molecule has 0 bridgehead atoms. The molecule has 98 valence electrons. The highest BCUT2D eigenvalue weighted by Crippen LogP contribution is 2.29. The second-order valence-corrected chi connectivity index (χ2v) is 5.84. The average molecular weight is 244 g/mol. The second-order valence-electron chi connectivity index (χ2n) is 5.84. The van der Waals surface area contributed by atoms with Crippen molar-refractivity contribution in [1.82, 2.24) is 5.32 Å². The molecule has 0 spiro atoms. The Balaban J connectivity index is 1.61. The van der Waals surface area contributed by atoms with Crippen molar-refractivity contribution >= 4 is 5.69 Å². The van der Waals surface area contributed by atoms with Crippen molar-refractivity contribution in [1.29, 1.82) is 0 Å². The molecule has 18 heavy (non-hydrogen) atoms. The van der Waals surface area contributed by atoms with Crippen LogP contribution in [0.5, 0.6) is 0 Å². The second kappa shape index (κ2) is 5.31. The fourth-order valence-electron chi connectivity index (χ4n) is 3.45. The maximum Gasteiger partial charge on any atom is 0.0419 e. The van der Waals surface area contributed by atoms with Crippen molar-refractivity contribution in [3.8, 4) is 0 Å². The summed E-state index contributed by atoms with van der Waals surface area (Å²) >= 11 is 0. The van der Waals surface area contributed by atoms with Gasteiger partial charge in [-0.2, -0.15) is 0 Å². The summed E-state index contributed by atoms with van der Waals surface area (Å²) in [6.07, 6.45) is 6.87. The molecular weight excluding hydrogens is 220 g/mol. The molecule has 1 aromatic rings. The number of para-hydroxylation sites is 1. The summed E-state index contributed by atoms with van der Waals surface area (Å²) in [5.74, 6) is 0.898. The van der Waals surface area contributed by atoms with Gasteiger partial charge in [0.1, 0.15) is 0 Å². The molecule has 0 radical (unpaired) electrons. The van der Waals surface area contributed by atoms with Crippen LogP contribution in [0.1, 0.15) is 43.7 Å². The first-order chi connectivity index (χ1) is 8.84. The first-order valence-electron chi connectivity index (χ1n) is 7.42. The van der Waals surface area contributed by atoms with E-state index in [9.17, 15) is 0 Å². The van der Waals surface area contributed by atoms with Gasteiger partial charge in [-0.3, -0.25) is 0 Å². The monoisotopic (exact) mass is 244 g/mol. The van der Waals surface area contributed by atoms with Gasteiger partial charge >= 0.3 is 0 Å². The Hall–Kier alpha value is -1.02. The van der Waals surface area contributed by atoms with E-state index in [4.69, 9.17) is 0 Å². The molecular formula is C16H24N2. The summed E-state index contributed by atoms with van der Waals surface area (Å²) in [5, 5.41) is 7.25. The molecule has 1 aliphatic heterocycles. The first-order valence-corrected chi connectivity index (χ1v) is 7.42. The quantitative estimate of drug-likeness (QED) is 0.849. The zero-order chi connectivity index (χ0) is 12.4. The Morgan fingerprint density at radius 2 is 2.17 bits per heavy atom. The van der Waals surface area contributed by atoms with E-state index >= 15 is 0 Å². The molecule has 0 aromatic heterocycles. The minimum atomic E-state index is 0.657. The molecule has 0 unspecified atom stereocenters. The van der Waals surface area contributed by atoms with Crippen LogP contribution in [0.2, 0.25) is 0 Å². The molecule has 1 atom stereocenters. The Labute approximate surface area is 110 Å². The Morgan fingerprint density at radius 1 is 1.33 bits per heavy atom. The summed E-state index contributed by atoms with van der Waals surface area (Å²) in [4.78, 5) is 0. The van der Waals surface area contributed by atoms with Crippen LogP contribution in [0, 0.1) is 5.92 Å². The number of anilines is 1. The van der Waals surface area contributed by atoms with E-state index in [1.165, 1.54) is 48.9 Å². The van der Waals surface area contributed by atoms with Crippen molar-refractivity contribution < 1.29 is 0 Å². The largest absolute Gasteiger partial charge is 0.384 e. The van der Waals surface area contributed by atoms with Gasteiger partial charge in [0, 0.05) is 24.8 Å². The van der Waals surface area contributed by atoms with Crippen LogP contribution in [-0.4, -0.2) is 12.6 Å². The molecule has 1 aliphatic carbocycles. The number of hydrogen-bond donors (Lipinski definition) is 2. The van der Waals surface area contributed by atoms with Crippen LogP contribution in [0.3, 0.4) is 0 Å². The van der Waals surface area contributed by atoms with Gasteiger partial charge in [-0.05, 0) is 43.2 Å². The number of benzene rings is 1. The van der Waals surface area contributed by atoms with E-state index in [-0.39, 0.29) is 0 Å². The summed E-state index contributed by atoms with van der Waals surface area (Å²) in [7, 11) is 0. The minimum Gasteiger partial charge on any atom is -0.384 e. The molecule has 3 rings (SSSR count). The van der Waals surface area contributed by atoms with E-state index in [2.05, 4.69) is 35.8 Å². The highest BCUT2D eigenvalue weighted by molar-refractivity contribution is 5.61. The van der Waals surface area contributed by atoms with Crippen molar-refractivity contribution in [2.75, 3.05) is 11.9 Å². The number of nitrogens with one attached hydrogen (secondary N) is 2. The van der Waals surface area contributed by atoms with Gasteiger partial charge in [0.15, 0.2) is 0 Å². The van der Waals surface area contributed by atoms with Crippen LogP contribution in [0.4, 0.5) is 5.69 Å². The lowest BCUT2D eigenvalue weighted by Gasteiger charge is -2.21. The predicted molar refractivity (Wildman–Crippen MR) is 76.9 cm³/mol. The van der Waals surface area contributed by atoms with Crippen molar-refractivity contribution in [3.63, 3.8) is 0 Å². The van der Waals surface area contributed by atoms with Crippen LogP contribution < -0.4 is 10.6 Å². The van der Waals surface area contributed by atoms with E-state index in [1.807, 2.05) is 0 Å². The molecule has 2 heteroatoms. The molecule has 1 fully saturated rings. The smallest absolute Gasteiger partial charge is 0.0419 e. The summed E-state index contributed by atoms with van der Waals surface area (Å²) in [5.41, 5.74) is 4.32. The zero-order valence-corrected chi connectivity index (χ0v) is 11.3. The lowest BCUT2D eigenvalue weighted by atomic mass is 9.99. The fraction of sp³-hybridized carbons (Fsp3) is 0.625. The minimum absolute atomic E-state index is 0.657. The molecule has 0 saturated heterocycles. The lowest BCUT2D eigenvalue weighted by molar-refractivity contribution is 0.381. The van der Waals surface area contributed by atoms with Crippen LogP contribution in [0.15, 0.2) is 18.2 Å². The van der Waals surface area contributed by atoms with Crippen molar-refractivity contribution in [2.45, 2.75) is 51.6 Å². The predicted octanol–water partition coefficient (Wildman–Crippen LogP) is 3.32. The maximum atomic E-state index is 3.73. The summed E-state index contributed by atoms with van der Waals surface area (Å²) in [6.45, 7) is 4.46. The SMILES string of the molecule is C[C@@H](NCc1cccc2c1NCC2)C1CCCC1. The van der Waals surface area contributed by atoms with Crippen LogP contribution >= 0.6 is 0 Å². The van der Waals surface area contributed by atoms with E-state index < -0.39 is 0 Å². The number of hydrogen-bond acceptors (Lipinski definition) is 2. The first kappa shape index (κ1) is 12.0. The molecule has 2 aliphatic rings. The van der Waals surface area contributed by atoms with Gasteiger partial charge in [-0.15, -0.1) is 0 Å². The third kappa shape index (κ3) is 2.39. The van der Waals surface area contributed by atoms with Crippen molar-refractivity contribution in [2.24, 2.45) is 5.92 Å². The molecule has 0 amide bonds. The zero-order valence-electron chi connectivity index (χ0n) is 11.3. The number of rotatable bonds is 4. The van der Waals surface area contributed by atoms with E-state index in [0.29, 0.717) is 6.04 Å². The third-order valence-corrected chi connectivity index (χ3v) is 4.65. The van der Waals surface area contributed by atoms with Gasteiger partial charge in [0.2, 0.25) is 0 Å². The molecule has 2 N–H and O–H groups in total. The molecule has 1 saturated carbocycles. The van der Waals surface area contributed by atoms with E-state index in [0.717, 1.165) is 19.0 Å². The van der Waals surface area contributed by atoms with Gasteiger partial charge in [-0.1, -0.05) is 31.0 Å². The Bertz CT molecular complexity index is 408. The Kier molecular flexibility index (Phi) is 3.55. The van der Waals surface area contributed by atoms with Crippen LogP contribution in [-0.2, 0) is 13.0 Å². The lowest BCUT2D eigenvalue weighted by Crippen LogP contribution is -2.31. The van der Waals surface area contributed by atoms with Gasteiger partial charge in [0.05, 0.1) is 0 Å². The average Bonchev–Trinajstić information content (AvgIpc) is 3.05. The molecule has 2 nitrogen and oxygen atoms in total. The van der Waals surface area contributed by atoms with E-state index in [1.54, 1.807) is 0 Å². The summed E-state index contributed by atoms with van der Waals surface area (Å²) in [6, 6.07) is 7.36. The van der Waals surface area contributed by atoms with Crippen molar-refractivity contribution in [3.05, 3.63) is 29.3 Å². The van der Waals surface area contributed by atoms with Gasteiger partial charge in [-0.25, -0.2) is 0 Å². The fourth-order valence-corrected chi connectivity index (χ4v) is 3.45.